The zero-order chi connectivity index (χ0) is 13.8. The average Bonchev–Trinajstić information content (AvgIpc) is 2.35. The van der Waals surface area contributed by atoms with Gasteiger partial charge in [-0.1, -0.05) is 13.8 Å². The molecule has 1 atom stereocenters. The topological polar surface area (TPSA) is 75.6 Å². The molecule has 0 radical (unpaired) electrons. The third-order valence-corrected chi connectivity index (χ3v) is 4.18. The van der Waals surface area contributed by atoms with Crippen LogP contribution in [0.5, 0.6) is 5.75 Å². The van der Waals surface area contributed by atoms with Crippen LogP contribution >= 0.6 is 0 Å². The van der Waals surface area contributed by atoms with Gasteiger partial charge in [-0.15, -0.1) is 0 Å². The summed E-state index contributed by atoms with van der Waals surface area (Å²) in [6.07, 6.45) is 0. The van der Waals surface area contributed by atoms with Gasteiger partial charge < -0.3 is 9.84 Å². The smallest absolute Gasteiger partial charge is 0.240 e. The Balaban J connectivity index is 2.91. The van der Waals surface area contributed by atoms with E-state index in [1.165, 1.54) is 19.2 Å². The average molecular weight is 273 g/mol. The molecule has 18 heavy (non-hydrogen) atoms. The maximum Gasteiger partial charge on any atom is 0.240 e. The number of aliphatic hydroxyl groups excluding tert-OH is 1. The number of hydrogen-bond acceptors (Lipinski definition) is 4. The van der Waals surface area contributed by atoms with Gasteiger partial charge in [-0.3, -0.25) is 0 Å². The quantitative estimate of drug-likeness (QED) is 0.810. The van der Waals surface area contributed by atoms with Gasteiger partial charge in [0.15, 0.2) is 0 Å². The molecular formula is C12H19NO4S. The molecule has 2 N–H and O–H groups in total. The third-order valence-electron chi connectivity index (χ3n) is 2.68. The lowest BCUT2D eigenvalue weighted by atomic mass is 10.1. The standard InChI is InChI=1S/C12H19NO4S/c1-9(2)12(8-14)13-18(15,16)11-6-4-10(17-3)5-7-11/h4-7,9,12-14H,8H2,1-3H3. The Morgan fingerprint density at radius 3 is 2.22 bits per heavy atom. The number of methoxy groups -OCH3 is 1. The van der Waals surface area contributed by atoms with Crippen LogP contribution in [0.15, 0.2) is 29.2 Å². The molecule has 0 saturated carbocycles. The molecule has 1 aromatic rings. The van der Waals surface area contributed by atoms with Gasteiger partial charge in [0.2, 0.25) is 10.0 Å². The molecule has 1 rings (SSSR count). The fourth-order valence-electron chi connectivity index (χ4n) is 1.41. The second-order valence-corrected chi connectivity index (χ2v) is 6.04. The molecule has 102 valence electrons. The zero-order valence-corrected chi connectivity index (χ0v) is 11.6. The molecule has 0 amide bonds. The summed E-state index contributed by atoms with van der Waals surface area (Å²) in [5.74, 6) is 0.611. The molecule has 0 spiro atoms. The number of ether oxygens (including phenoxy) is 1. The lowest BCUT2D eigenvalue weighted by Gasteiger charge is -2.19. The van der Waals surface area contributed by atoms with Crippen molar-refractivity contribution in [1.29, 1.82) is 0 Å². The molecule has 0 bridgehead atoms. The fraction of sp³-hybridized carbons (Fsp3) is 0.500. The number of benzene rings is 1. The second kappa shape index (κ2) is 6.17. The molecule has 1 aromatic carbocycles. The molecule has 0 aliphatic carbocycles. The number of sulfonamides is 1. The Kier molecular flexibility index (Phi) is 5.13. The predicted octanol–water partition coefficient (Wildman–Crippen LogP) is 0.990. The van der Waals surface area contributed by atoms with Crippen LogP contribution in [0.4, 0.5) is 0 Å². The van der Waals surface area contributed by atoms with Crippen molar-refractivity contribution in [3.05, 3.63) is 24.3 Å². The lowest BCUT2D eigenvalue weighted by Crippen LogP contribution is -2.41. The van der Waals surface area contributed by atoms with Crippen LogP contribution in [-0.4, -0.2) is 33.3 Å². The van der Waals surface area contributed by atoms with Crippen LogP contribution in [0.25, 0.3) is 0 Å². The molecule has 0 fully saturated rings. The molecule has 6 heteroatoms. The summed E-state index contributed by atoms with van der Waals surface area (Å²) in [6.45, 7) is 3.46. The summed E-state index contributed by atoms with van der Waals surface area (Å²) in [7, 11) is -2.09. The van der Waals surface area contributed by atoms with E-state index in [0.717, 1.165) is 0 Å². The highest BCUT2D eigenvalue weighted by atomic mass is 32.2. The first kappa shape index (κ1) is 14.9. The molecule has 0 aliphatic heterocycles. The Labute approximate surface area is 108 Å². The van der Waals surface area contributed by atoms with E-state index in [9.17, 15) is 8.42 Å². The van der Waals surface area contributed by atoms with Crippen molar-refractivity contribution in [2.75, 3.05) is 13.7 Å². The highest BCUT2D eigenvalue weighted by Gasteiger charge is 2.21. The highest BCUT2D eigenvalue weighted by molar-refractivity contribution is 7.89. The molecule has 5 nitrogen and oxygen atoms in total. The van der Waals surface area contributed by atoms with Crippen LogP contribution < -0.4 is 9.46 Å². The van der Waals surface area contributed by atoms with Crippen LogP contribution in [0.2, 0.25) is 0 Å². The van der Waals surface area contributed by atoms with E-state index in [4.69, 9.17) is 9.84 Å². The van der Waals surface area contributed by atoms with Gasteiger partial charge >= 0.3 is 0 Å². The minimum absolute atomic E-state index is 0.0167. The van der Waals surface area contributed by atoms with Crippen LogP contribution in [0.3, 0.4) is 0 Å². The van der Waals surface area contributed by atoms with Gasteiger partial charge in [-0.05, 0) is 30.2 Å². The SMILES string of the molecule is COc1ccc(S(=O)(=O)NC(CO)C(C)C)cc1. The fourth-order valence-corrected chi connectivity index (χ4v) is 2.78. The van der Waals surface area contributed by atoms with Crippen molar-refractivity contribution in [2.45, 2.75) is 24.8 Å². The van der Waals surface area contributed by atoms with Crippen molar-refractivity contribution in [2.24, 2.45) is 5.92 Å². The van der Waals surface area contributed by atoms with E-state index in [1.54, 1.807) is 12.1 Å². The van der Waals surface area contributed by atoms with E-state index in [1.807, 2.05) is 13.8 Å². The lowest BCUT2D eigenvalue weighted by molar-refractivity contribution is 0.227. The Morgan fingerprint density at radius 1 is 1.28 bits per heavy atom. The molecular weight excluding hydrogens is 254 g/mol. The van der Waals surface area contributed by atoms with Crippen LogP contribution in [0.1, 0.15) is 13.8 Å². The van der Waals surface area contributed by atoms with Crippen molar-refractivity contribution in [1.82, 2.24) is 4.72 Å². The second-order valence-electron chi connectivity index (χ2n) is 4.33. The van der Waals surface area contributed by atoms with E-state index < -0.39 is 16.1 Å². The summed E-state index contributed by atoms with van der Waals surface area (Å²) in [6, 6.07) is 5.61. The number of rotatable bonds is 6. The highest BCUT2D eigenvalue weighted by Crippen LogP contribution is 2.16. The minimum atomic E-state index is -3.61. The summed E-state index contributed by atoms with van der Waals surface area (Å²) in [4.78, 5) is 0.155. The molecule has 0 aromatic heterocycles. The Bertz CT molecular complexity index is 467. The normalized spacial score (nSPS) is 13.6. The Morgan fingerprint density at radius 2 is 1.83 bits per heavy atom. The van der Waals surface area contributed by atoms with Crippen molar-refractivity contribution < 1.29 is 18.3 Å². The van der Waals surface area contributed by atoms with Gasteiger partial charge in [0, 0.05) is 6.04 Å². The van der Waals surface area contributed by atoms with Crippen molar-refractivity contribution >= 4 is 10.0 Å². The summed E-state index contributed by atoms with van der Waals surface area (Å²) >= 11 is 0. The first-order chi connectivity index (χ1) is 8.40. The van der Waals surface area contributed by atoms with Crippen molar-refractivity contribution in [3.63, 3.8) is 0 Å². The van der Waals surface area contributed by atoms with Gasteiger partial charge in [-0.25, -0.2) is 13.1 Å². The maximum absolute atomic E-state index is 12.0. The van der Waals surface area contributed by atoms with Crippen LogP contribution in [-0.2, 0) is 10.0 Å². The Hall–Kier alpha value is -1.11. The zero-order valence-electron chi connectivity index (χ0n) is 10.8. The van der Waals surface area contributed by atoms with Gasteiger partial charge in [0.1, 0.15) is 5.75 Å². The van der Waals surface area contributed by atoms with Gasteiger partial charge in [-0.2, -0.15) is 0 Å². The number of nitrogens with one attached hydrogen (secondary N) is 1. The van der Waals surface area contributed by atoms with Gasteiger partial charge in [0.05, 0.1) is 18.6 Å². The number of hydrogen-bond donors (Lipinski definition) is 2. The monoisotopic (exact) mass is 273 g/mol. The van der Waals surface area contributed by atoms with E-state index >= 15 is 0 Å². The van der Waals surface area contributed by atoms with Gasteiger partial charge in [0.25, 0.3) is 0 Å². The molecule has 0 saturated heterocycles. The minimum Gasteiger partial charge on any atom is -0.497 e. The first-order valence-electron chi connectivity index (χ1n) is 5.68. The van der Waals surface area contributed by atoms with Crippen LogP contribution in [0, 0.1) is 5.92 Å². The largest absolute Gasteiger partial charge is 0.497 e. The summed E-state index contributed by atoms with van der Waals surface area (Å²) in [5.41, 5.74) is 0. The maximum atomic E-state index is 12.0. The molecule has 0 heterocycles. The predicted molar refractivity (Wildman–Crippen MR) is 69.0 cm³/mol. The third kappa shape index (κ3) is 3.69. The molecule has 1 unspecified atom stereocenters. The van der Waals surface area contributed by atoms with E-state index in [2.05, 4.69) is 4.72 Å². The summed E-state index contributed by atoms with van der Waals surface area (Å²) < 4.78 is 31.5. The van der Waals surface area contributed by atoms with E-state index in [-0.39, 0.29) is 17.4 Å². The first-order valence-corrected chi connectivity index (χ1v) is 7.16. The molecule has 0 aliphatic rings. The van der Waals surface area contributed by atoms with Crippen molar-refractivity contribution in [3.8, 4) is 5.75 Å². The summed E-state index contributed by atoms with van der Waals surface area (Å²) in [5, 5.41) is 9.14. The van der Waals surface area contributed by atoms with E-state index in [0.29, 0.717) is 5.75 Å². The number of aliphatic hydroxyl groups is 1.